The van der Waals surface area contributed by atoms with Crippen molar-refractivity contribution in [2.45, 2.75) is 38.7 Å². The highest BCUT2D eigenvalue weighted by atomic mass is 16.5. The van der Waals surface area contributed by atoms with Gasteiger partial charge in [0.2, 0.25) is 0 Å². The Labute approximate surface area is 131 Å². The summed E-state index contributed by atoms with van der Waals surface area (Å²) in [5.74, 6) is 0.648. The lowest BCUT2D eigenvalue weighted by atomic mass is 9.98. The van der Waals surface area contributed by atoms with Crippen LogP contribution in [0.4, 0.5) is 5.69 Å². The van der Waals surface area contributed by atoms with E-state index in [0.717, 1.165) is 19.3 Å². The first-order valence-electron chi connectivity index (χ1n) is 7.58. The van der Waals surface area contributed by atoms with Crippen LogP contribution in [0.25, 0.3) is 0 Å². The average molecular weight is 302 g/mol. The lowest BCUT2D eigenvalue weighted by Crippen LogP contribution is -2.45. The van der Waals surface area contributed by atoms with Crippen LogP contribution in [0.3, 0.4) is 0 Å². The minimum absolute atomic E-state index is 0.190. The first-order chi connectivity index (χ1) is 10.5. The normalized spacial score (nSPS) is 16.5. The number of nitriles is 1. The SMILES string of the molecule is CCCO[C@](C)(C(=O)Nc1ccc(OC)cc1C#N)C1CC1. The maximum absolute atomic E-state index is 12.7. The van der Waals surface area contributed by atoms with Gasteiger partial charge in [-0.3, -0.25) is 4.79 Å². The molecule has 1 aromatic rings. The van der Waals surface area contributed by atoms with E-state index >= 15 is 0 Å². The van der Waals surface area contributed by atoms with E-state index in [1.54, 1.807) is 18.2 Å². The molecule has 0 aliphatic heterocycles. The Bertz CT molecular complexity index is 590. The molecule has 1 aliphatic rings. The number of amides is 1. The Kier molecular flexibility index (Phi) is 5.04. The van der Waals surface area contributed by atoms with Gasteiger partial charge in [0.25, 0.3) is 5.91 Å². The molecule has 0 radical (unpaired) electrons. The molecule has 118 valence electrons. The molecule has 1 aliphatic carbocycles. The van der Waals surface area contributed by atoms with Crippen molar-refractivity contribution in [3.05, 3.63) is 23.8 Å². The largest absolute Gasteiger partial charge is 0.497 e. The molecule has 1 saturated carbocycles. The summed E-state index contributed by atoms with van der Waals surface area (Å²) in [5, 5.41) is 12.1. The average Bonchev–Trinajstić information content (AvgIpc) is 3.38. The summed E-state index contributed by atoms with van der Waals surface area (Å²) < 4.78 is 10.9. The fourth-order valence-corrected chi connectivity index (χ4v) is 2.42. The summed E-state index contributed by atoms with van der Waals surface area (Å²) in [6.45, 7) is 4.40. The molecule has 22 heavy (non-hydrogen) atoms. The van der Waals surface area contributed by atoms with Gasteiger partial charge in [0.05, 0.1) is 18.4 Å². The molecule has 1 N–H and O–H groups in total. The van der Waals surface area contributed by atoms with E-state index < -0.39 is 5.60 Å². The Morgan fingerprint density at radius 1 is 1.50 bits per heavy atom. The number of benzene rings is 1. The molecule has 0 bridgehead atoms. The predicted molar refractivity (Wildman–Crippen MR) is 83.7 cm³/mol. The molecular weight excluding hydrogens is 280 g/mol. The maximum atomic E-state index is 12.7. The van der Waals surface area contributed by atoms with Crippen molar-refractivity contribution in [1.29, 1.82) is 5.26 Å². The van der Waals surface area contributed by atoms with Gasteiger partial charge >= 0.3 is 0 Å². The number of hydrogen-bond acceptors (Lipinski definition) is 4. The summed E-state index contributed by atoms with van der Waals surface area (Å²) in [7, 11) is 1.54. The number of rotatable bonds is 7. The van der Waals surface area contributed by atoms with Crippen molar-refractivity contribution in [2.75, 3.05) is 19.0 Å². The second-order valence-electron chi connectivity index (χ2n) is 5.71. The minimum atomic E-state index is -0.831. The van der Waals surface area contributed by atoms with Crippen LogP contribution >= 0.6 is 0 Å². The van der Waals surface area contributed by atoms with E-state index in [0.29, 0.717) is 23.6 Å². The van der Waals surface area contributed by atoms with Crippen molar-refractivity contribution in [2.24, 2.45) is 5.92 Å². The topological polar surface area (TPSA) is 71.3 Å². The van der Waals surface area contributed by atoms with E-state index in [-0.39, 0.29) is 11.8 Å². The molecule has 0 heterocycles. The highest BCUT2D eigenvalue weighted by Crippen LogP contribution is 2.42. The zero-order chi connectivity index (χ0) is 16.2. The smallest absolute Gasteiger partial charge is 0.256 e. The zero-order valence-corrected chi connectivity index (χ0v) is 13.3. The van der Waals surface area contributed by atoms with Crippen molar-refractivity contribution in [1.82, 2.24) is 0 Å². The number of methoxy groups -OCH3 is 1. The number of hydrogen-bond donors (Lipinski definition) is 1. The van der Waals surface area contributed by atoms with Crippen molar-refractivity contribution in [3.8, 4) is 11.8 Å². The van der Waals surface area contributed by atoms with E-state index in [4.69, 9.17) is 9.47 Å². The van der Waals surface area contributed by atoms with E-state index in [1.807, 2.05) is 13.8 Å². The summed E-state index contributed by atoms with van der Waals surface area (Å²) in [6, 6.07) is 7.09. The van der Waals surface area contributed by atoms with Crippen LogP contribution in [0, 0.1) is 17.2 Å². The molecular formula is C17H22N2O3. The maximum Gasteiger partial charge on any atom is 0.256 e. The highest BCUT2D eigenvalue weighted by molar-refractivity contribution is 5.98. The van der Waals surface area contributed by atoms with Gasteiger partial charge in [-0.2, -0.15) is 5.26 Å². The fourth-order valence-electron chi connectivity index (χ4n) is 2.42. The third-order valence-electron chi connectivity index (χ3n) is 4.01. The van der Waals surface area contributed by atoms with Crippen molar-refractivity contribution >= 4 is 11.6 Å². The van der Waals surface area contributed by atoms with Gasteiger partial charge in [-0.25, -0.2) is 0 Å². The first kappa shape index (κ1) is 16.3. The number of nitrogens with one attached hydrogen (secondary N) is 1. The Hall–Kier alpha value is -2.06. The monoisotopic (exact) mass is 302 g/mol. The van der Waals surface area contributed by atoms with Gasteiger partial charge in [-0.15, -0.1) is 0 Å². The quantitative estimate of drug-likeness (QED) is 0.840. The van der Waals surface area contributed by atoms with Crippen LogP contribution in [-0.4, -0.2) is 25.2 Å². The molecule has 1 amide bonds. The van der Waals surface area contributed by atoms with Gasteiger partial charge in [-0.05, 0) is 50.3 Å². The molecule has 1 aromatic carbocycles. The lowest BCUT2D eigenvalue weighted by molar-refractivity contribution is -0.142. The fraction of sp³-hybridized carbons (Fsp3) is 0.529. The van der Waals surface area contributed by atoms with Crippen LogP contribution < -0.4 is 10.1 Å². The van der Waals surface area contributed by atoms with Gasteiger partial charge < -0.3 is 14.8 Å². The molecule has 0 unspecified atom stereocenters. The summed E-state index contributed by atoms with van der Waals surface area (Å²) >= 11 is 0. The molecule has 5 nitrogen and oxygen atoms in total. The van der Waals surface area contributed by atoms with Gasteiger partial charge in [0.1, 0.15) is 17.4 Å². The minimum Gasteiger partial charge on any atom is -0.497 e. The highest BCUT2D eigenvalue weighted by Gasteiger charge is 2.48. The molecule has 5 heteroatoms. The molecule has 2 rings (SSSR count). The predicted octanol–water partition coefficient (Wildman–Crippen LogP) is 3.10. The van der Waals surface area contributed by atoms with Crippen LogP contribution in [0.1, 0.15) is 38.7 Å². The number of carbonyl (C=O) groups excluding carboxylic acids is 1. The third-order valence-corrected chi connectivity index (χ3v) is 4.01. The van der Waals surface area contributed by atoms with E-state index in [1.165, 1.54) is 7.11 Å². The molecule has 0 saturated heterocycles. The molecule has 0 spiro atoms. The number of anilines is 1. The van der Waals surface area contributed by atoms with Gasteiger partial charge in [-0.1, -0.05) is 6.92 Å². The van der Waals surface area contributed by atoms with Crippen molar-refractivity contribution < 1.29 is 14.3 Å². The summed E-state index contributed by atoms with van der Waals surface area (Å²) in [4.78, 5) is 12.7. The number of carbonyl (C=O) groups is 1. The van der Waals surface area contributed by atoms with Crippen LogP contribution in [0.15, 0.2) is 18.2 Å². The Morgan fingerprint density at radius 2 is 2.23 bits per heavy atom. The third kappa shape index (κ3) is 3.40. The van der Waals surface area contributed by atoms with Crippen LogP contribution in [0.2, 0.25) is 0 Å². The Balaban J connectivity index is 2.18. The lowest BCUT2D eigenvalue weighted by Gasteiger charge is -2.28. The second kappa shape index (κ2) is 6.80. The Morgan fingerprint density at radius 3 is 2.77 bits per heavy atom. The first-order valence-corrected chi connectivity index (χ1v) is 7.58. The summed E-state index contributed by atoms with van der Waals surface area (Å²) in [5.41, 5.74) is 0.0319. The molecule has 1 atom stereocenters. The van der Waals surface area contributed by atoms with Crippen LogP contribution in [0.5, 0.6) is 5.75 Å². The van der Waals surface area contributed by atoms with Gasteiger partial charge in [0.15, 0.2) is 0 Å². The van der Waals surface area contributed by atoms with Crippen molar-refractivity contribution in [3.63, 3.8) is 0 Å². The molecule has 0 aromatic heterocycles. The number of nitrogens with zero attached hydrogens (tertiary/aromatic N) is 1. The van der Waals surface area contributed by atoms with E-state index in [2.05, 4.69) is 11.4 Å². The van der Waals surface area contributed by atoms with Crippen LogP contribution in [-0.2, 0) is 9.53 Å². The van der Waals surface area contributed by atoms with E-state index in [9.17, 15) is 10.1 Å². The second-order valence-corrected chi connectivity index (χ2v) is 5.71. The standard InChI is InChI=1S/C17H22N2O3/c1-4-9-22-17(2,13-5-6-13)16(20)19-15-8-7-14(21-3)10-12(15)11-18/h7-8,10,13H,4-6,9H2,1-3H3,(H,19,20)/t17-/m0/s1. The molecule has 1 fully saturated rings. The zero-order valence-electron chi connectivity index (χ0n) is 13.3. The summed E-state index contributed by atoms with van der Waals surface area (Å²) in [6.07, 6.45) is 2.87. The number of ether oxygens (including phenoxy) is 2. The van der Waals surface area contributed by atoms with Gasteiger partial charge in [0, 0.05) is 6.61 Å².